The average Bonchev–Trinajstić information content (AvgIpc) is 2.94. The van der Waals surface area contributed by atoms with Crippen LogP contribution in [0.15, 0.2) is 42.5 Å². The second-order valence-electron chi connectivity index (χ2n) is 5.04. The van der Waals surface area contributed by atoms with Crippen LogP contribution in [0.5, 0.6) is 5.75 Å². The maximum Gasteiger partial charge on any atom is 0.122 e. The molecule has 0 spiro atoms. The normalized spacial score (nSPS) is 14.8. The molecule has 0 saturated heterocycles. The second-order valence-corrected chi connectivity index (χ2v) is 5.04. The zero-order valence-electron chi connectivity index (χ0n) is 11.2. The maximum absolute atomic E-state index is 6.36. The van der Waals surface area contributed by atoms with Gasteiger partial charge in [0.15, 0.2) is 0 Å². The summed E-state index contributed by atoms with van der Waals surface area (Å²) < 4.78 is 5.53. The zero-order valence-corrected chi connectivity index (χ0v) is 11.2. The van der Waals surface area contributed by atoms with Gasteiger partial charge in [0.2, 0.25) is 0 Å². The number of ether oxygens (including phenoxy) is 1. The molecule has 3 rings (SSSR count). The van der Waals surface area contributed by atoms with Gasteiger partial charge in [0, 0.05) is 6.42 Å². The van der Waals surface area contributed by atoms with E-state index in [1.165, 1.54) is 11.1 Å². The van der Waals surface area contributed by atoms with Gasteiger partial charge in [-0.25, -0.2) is 0 Å². The molecule has 0 amide bonds. The number of rotatable bonds is 3. The molecule has 1 aliphatic heterocycles. The molecule has 1 heterocycles. The fourth-order valence-electron chi connectivity index (χ4n) is 2.55. The van der Waals surface area contributed by atoms with Crippen LogP contribution >= 0.6 is 0 Å². The fourth-order valence-corrected chi connectivity index (χ4v) is 2.55. The number of hydrogen-bond donors (Lipinski definition) is 1. The minimum Gasteiger partial charge on any atom is -0.493 e. The first-order chi connectivity index (χ1) is 9.28. The van der Waals surface area contributed by atoms with Crippen molar-refractivity contribution in [2.75, 3.05) is 6.61 Å². The Hall–Kier alpha value is -1.80. The topological polar surface area (TPSA) is 35.2 Å². The highest BCUT2D eigenvalue weighted by molar-refractivity contribution is 5.43. The van der Waals surface area contributed by atoms with E-state index in [9.17, 15) is 0 Å². The molecule has 98 valence electrons. The van der Waals surface area contributed by atoms with Gasteiger partial charge < -0.3 is 10.5 Å². The first kappa shape index (κ1) is 12.2. The van der Waals surface area contributed by atoms with Crippen molar-refractivity contribution in [2.24, 2.45) is 5.73 Å². The Bertz CT molecular complexity index is 574. The van der Waals surface area contributed by atoms with Crippen molar-refractivity contribution >= 4 is 0 Å². The van der Waals surface area contributed by atoms with Crippen LogP contribution in [0.3, 0.4) is 0 Å². The van der Waals surface area contributed by atoms with Crippen molar-refractivity contribution < 1.29 is 4.74 Å². The van der Waals surface area contributed by atoms with E-state index in [0.29, 0.717) is 0 Å². The fraction of sp³-hybridized carbons (Fsp3) is 0.294. The first-order valence-electron chi connectivity index (χ1n) is 6.88. The van der Waals surface area contributed by atoms with E-state index >= 15 is 0 Å². The minimum absolute atomic E-state index is 0.0585. The predicted molar refractivity (Wildman–Crippen MR) is 77.5 cm³/mol. The SMILES string of the molecule is CCc1ccc(C(N)c2ccc3c(c2)CCO3)cc1. The molecule has 2 N–H and O–H groups in total. The third-order valence-corrected chi connectivity index (χ3v) is 3.82. The molecule has 0 fully saturated rings. The Morgan fingerprint density at radius 1 is 1.11 bits per heavy atom. The van der Waals surface area contributed by atoms with E-state index in [0.717, 1.165) is 36.3 Å². The van der Waals surface area contributed by atoms with Crippen LogP contribution in [0.25, 0.3) is 0 Å². The molecule has 2 aromatic carbocycles. The smallest absolute Gasteiger partial charge is 0.122 e. The van der Waals surface area contributed by atoms with Gasteiger partial charge in [0.05, 0.1) is 12.6 Å². The number of nitrogens with two attached hydrogens (primary N) is 1. The van der Waals surface area contributed by atoms with Crippen LogP contribution in [-0.4, -0.2) is 6.61 Å². The molecular formula is C17H19NO. The molecule has 2 heteroatoms. The average molecular weight is 253 g/mol. The van der Waals surface area contributed by atoms with Crippen LogP contribution < -0.4 is 10.5 Å². The monoisotopic (exact) mass is 253 g/mol. The Morgan fingerprint density at radius 3 is 2.58 bits per heavy atom. The molecule has 0 bridgehead atoms. The van der Waals surface area contributed by atoms with Crippen molar-refractivity contribution in [1.29, 1.82) is 0 Å². The summed E-state index contributed by atoms with van der Waals surface area (Å²) in [5.74, 6) is 1.01. The Kier molecular flexibility index (Phi) is 3.26. The van der Waals surface area contributed by atoms with Crippen LogP contribution in [-0.2, 0) is 12.8 Å². The van der Waals surface area contributed by atoms with Gasteiger partial charge in [0.25, 0.3) is 0 Å². The summed E-state index contributed by atoms with van der Waals surface area (Å²) in [7, 11) is 0. The van der Waals surface area contributed by atoms with Gasteiger partial charge in [-0.3, -0.25) is 0 Å². The van der Waals surface area contributed by atoms with Crippen molar-refractivity contribution in [3.63, 3.8) is 0 Å². The highest BCUT2D eigenvalue weighted by Gasteiger charge is 2.15. The lowest BCUT2D eigenvalue weighted by Crippen LogP contribution is -2.12. The highest BCUT2D eigenvalue weighted by Crippen LogP contribution is 2.29. The van der Waals surface area contributed by atoms with Crippen LogP contribution in [0.2, 0.25) is 0 Å². The van der Waals surface area contributed by atoms with Crippen molar-refractivity contribution in [3.8, 4) is 5.75 Å². The van der Waals surface area contributed by atoms with E-state index < -0.39 is 0 Å². The van der Waals surface area contributed by atoms with Gasteiger partial charge in [-0.1, -0.05) is 43.3 Å². The largest absolute Gasteiger partial charge is 0.493 e. The molecule has 1 atom stereocenters. The summed E-state index contributed by atoms with van der Waals surface area (Å²) in [5, 5.41) is 0. The summed E-state index contributed by atoms with van der Waals surface area (Å²) in [6, 6.07) is 14.8. The standard InChI is InChI=1S/C17H19NO/c1-2-12-3-5-13(6-4-12)17(18)15-7-8-16-14(11-15)9-10-19-16/h3-8,11,17H,2,9-10,18H2,1H3. The third kappa shape index (κ3) is 2.36. The molecular weight excluding hydrogens is 234 g/mol. The van der Waals surface area contributed by atoms with E-state index in [2.05, 4.69) is 43.3 Å². The van der Waals surface area contributed by atoms with Gasteiger partial charge in [-0.15, -0.1) is 0 Å². The van der Waals surface area contributed by atoms with Crippen molar-refractivity contribution in [2.45, 2.75) is 25.8 Å². The lowest BCUT2D eigenvalue weighted by Gasteiger charge is -2.14. The Labute approximate surface area is 114 Å². The van der Waals surface area contributed by atoms with Crippen molar-refractivity contribution in [1.82, 2.24) is 0 Å². The highest BCUT2D eigenvalue weighted by atomic mass is 16.5. The molecule has 0 aromatic heterocycles. The minimum atomic E-state index is -0.0585. The summed E-state index contributed by atoms with van der Waals surface area (Å²) in [6.07, 6.45) is 2.05. The van der Waals surface area contributed by atoms with Crippen LogP contribution in [0, 0.1) is 0 Å². The number of fused-ring (bicyclic) bond motifs is 1. The summed E-state index contributed by atoms with van der Waals surface area (Å²) >= 11 is 0. The van der Waals surface area contributed by atoms with Gasteiger partial charge in [-0.2, -0.15) is 0 Å². The lowest BCUT2D eigenvalue weighted by molar-refractivity contribution is 0.357. The molecule has 2 aromatic rings. The van der Waals surface area contributed by atoms with E-state index in [1.807, 2.05) is 6.07 Å². The lowest BCUT2D eigenvalue weighted by atomic mass is 9.96. The molecule has 0 saturated carbocycles. The number of aryl methyl sites for hydroxylation is 1. The quantitative estimate of drug-likeness (QED) is 0.911. The molecule has 0 aliphatic carbocycles. The number of hydrogen-bond acceptors (Lipinski definition) is 2. The van der Waals surface area contributed by atoms with Crippen LogP contribution in [0.4, 0.5) is 0 Å². The Balaban J connectivity index is 1.88. The van der Waals surface area contributed by atoms with Crippen molar-refractivity contribution in [3.05, 3.63) is 64.7 Å². The second kappa shape index (κ2) is 5.06. The molecule has 1 aliphatic rings. The number of benzene rings is 2. The van der Waals surface area contributed by atoms with Gasteiger partial charge >= 0.3 is 0 Å². The molecule has 0 radical (unpaired) electrons. The maximum atomic E-state index is 6.36. The van der Waals surface area contributed by atoms with E-state index in [-0.39, 0.29) is 6.04 Å². The molecule has 19 heavy (non-hydrogen) atoms. The third-order valence-electron chi connectivity index (χ3n) is 3.82. The first-order valence-corrected chi connectivity index (χ1v) is 6.88. The van der Waals surface area contributed by atoms with E-state index in [4.69, 9.17) is 10.5 Å². The van der Waals surface area contributed by atoms with Gasteiger partial charge in [-0.05, 0) is 34.7 Å². The summed E-state index contributed by atoms with van der Waals surface area (Å²) in [5.41, 5.74) is 11.3. The summed E-state index contributed by atoms with van der Waals surface area (Å²) in [4.78, 5) is 0. The predicted octanol–water partition coefficient (Wildman–Crippen LogP) is 3.23. The Morgan fingerprint density at radius 2 is 1.84 bits per heavy atom. The summed E-state index contributed by atoms with van der Waals surface area (Å²) in [6.45, 7) is 2.95. The van der Waals surface area contributed by atoms with E-state index in [1.54, 1.807) is 0 Å². The molecule has 1 unspecified atom stereocenters. The van der Waals surface area contributed by atoms with Crippen LogP contribution in [0.1, 0.15) is 35.2 Å². The zero-order chi connectivity index (χ0) is 13.2. The molecule has 2 nitrogen and oxygen atoms in total. The van der Waals surface area contributed by atoms with Gasteiger partial charge in [0.1, 0.15) is 5.75 Å².